The van der Waals surface area contributed by atoms with Crippen LogP contribution in [-0.4, -0.2) is 39.4 Å². The van der Waals surface area contributed by atoms with Crippen molar-refractivity contribution >= 4 is 22.8 Å². The van der Waals surface area contributed by atoms with Gasteiger partial charge in [-0.1, -0.05) is 38.1 Å². The summed E-state index contributed by atoms with van der Waals surface area (Å²) in [5.74, 6) is 2.73. The van der Waals surface area contributed by atoms with Gasteiger partial charge < -0.3 is 19.5 Å². The fourth-order valence-corrected chi connectivity index (χ4v) is 5.49. The Hall–Kier alpha value is -4.13. The highest BCUT2D eigenvalue weighted by molar-refractivity contribution is 5.94. The molecule has 1 aliphatic rings. The molecular formula is C33H38N4O3. The Morgan fingerprint density at radius 2 is 1.65 bits per heavy atom. The molecule has 2 heterocycles. The number of aryl methyl sites for hydroxylation is 2. The van der Waals surface area contributed by atoms with Gasteiger partial charge in [-0.15, -0.1) is 0 Å². The van der Waals surface area contributed by atoms with Crippen LogP contribution in [0.4, 0.5) is 0 Å². The summed E-state index contributed by atoms with van der Waals surface area (Å²) in [6, 6.07) is 22.8. The molecule has 7 nitrogen and oxygen atoms in total. The number of fused-ring (bicyclic) bond motifs is 1. The molecule has 1 aromatic heterocycles. The first-order valence-corrected chi connectivity index (χ1v) is 14.1. The summed E-state index contributed by atoms with van der Waals surface area (Å²) in [5, 5.41) is 3.29. The lowest BCUT2D eigenvalue weighted by atomic mass is 9.89. The highest BCUT2D eigenvalue weighted by Gasteiger charge is 2.29. The first-order valence-electron chi connectivity index (χ1n) is 14.1. The molecule has 40 heavy (non-hydrogen) atoms. The number of amides is 2. The number of piperidine rings is 1. The zero-order valence-electron chi connectivity index (χ0n) is 23.8. The maximum atomic E-state index is 13.5. The van der Waals surface area contributed by atoms with Crippen LogP contribution in [0.15, 0.2) is 72.8 Å². The van der Waals surface area contributed by atoms with E-state index >= 15 is 0 Å². The Bertz CT molecular complexity index is 1470. The van der Waals surface area contributed by atoms with Gasteiger partial charge in [0.2, 0.25) is 5.91 Å². The second-order valence-electron chi connectivity index (χ2n) is 11.1. The lowest BCUT2D eigenvalue weighted by Gasteiger charge is -2.34. The molecule has 0 aliphatic carbocycles. The van der Waals surface area contributed by atoms with E-state index in [9.17, 15) is 9.59 Å². The van der Waals surface area contributed by atoms with Crippen molar-refractivity contribution in [1.82, 2.24) is 19.8 Å². The van der Waals surface area contributed by atoms with Crippen molar-refractivity contribution in [2.75, 3.05) is 13.1 Å². The van der Waals surface area contributed by atoms with E-state index in [2.05, 4.69) is 28.9 Å². The minimum absolute atomic E-state index is 0.0107. The number of likely N-dealkylation sites (tertiary alicyclic amines) is 1. The number of imidazole rings is 1. The monoisotopic (exact) mass is 538 g/mol. The number of hydrogen-bond acceptors (Lipinski definition) is 4. The zero-order chi connectivity index (χ0) is 28.2. The molecule has 0 saturated carbocycles. The highest BCUT2D eigenvalue weighted by Crippen LogP contribution is 2.31. The first kappa shape index (κ1) is 27.4. The predicted molar refractivity (Wildman–Crippen MR) is 157 cm³/mol. The highest BCUT2D eigenvalue weighted by atomic mass is 16.5. The van der Waals surface area contributed by atoms with Gasteiger partial charge in [-0.3, -0.25) is 9.59 Å². The predicted octanol–water partition coefficient (Wildman–Crippen LogP) is 6.43. The molecule has 1 fully saturated rings. The normalized spacial score (nSPS) is 14.9. The van der Waals surface area contributed by atoms with Crippen molar-refractivity contribution < 1.29 is 14.3 Å². The van der Waals surface area contributed by atoms with Gasteiger partial charge in [0.15, 0.2) is 0 Å². The van der Waals surface area contributed by atoms with Gasteiger partial charge in [0, 0.05) is 31.6 Å². The van der Waals surface area contributed by atoms with E-state index in [4.69, 9.17) is 9.72 Å². The van der Waals surface area contributed by atoms with Crippen LogP contribution in [0.1, 0.15) is 60.9 Å². The van der Waals surface area contributed by atoms with Crippen LogP contribution in [0.3, 0.4) is 0 Å². The number of benzene rings is 3. The first-order chi connectivity index (χ1) is 19.3. The summed E-state index contributed by atoms with van der Waals surface area (Å²) < 4.78 is 7.99. The summed E-state index contributed by atoms with van der Waals surface area (Å²) >= 11 is 0. The average Bonchev–Trinajstić information content (AvgIpc) is 3.29. The van der Waals surface area contributed by atoms with E-state index in [1.165, 1.54) is 5.56 Å². The Labute approximate surface area is 236 Å². The van der Waals surface area contributed by atoms with Crippen molar-refractivity contribution in [2.24, 2.45) is 18.9 Å². The number of nitrogens with one attached hydrogen (secondary N) is 1. The topological polar surface area (TPSA) is 76.5 Å². The molecule has 1 atom stereocenters. The summed E-state index contributed by atoms with van der Waals surface area (Å²) in [6.07, 6.45) is 2.60. The summed E-state index contributed by atoms with van der Waals surface area (Å²) in [7, 11) is 2.02. The summed E-state index contributed by atoms with van der Waals surface area (Å²) in [5.41, 5.74) is 3.70. The molecule has 1 N–H and O–H groups in total. The van der Waals surface area contributed by atoms with Crippen molar-refractivity contribution in [3.63, 3.8) is 0 Å². The Kier molecular flexibility index (Phi) is 8.19. The number of para-hydroxylation sites is 1. The van der Waals surface area contributed by atoms with Crippen molar-refractivity contribution in [2.45, 2.75) is 46.1 Å². The molecule has 0 radical (unpaired) electrons. The standard InChI is InChI=1S/C33H38N4O3/c1-22(2)33(39)37-18-16-24(17-19-37)21-29(31-34-28-15-10-23(3)20-30(28)36(31)4)35-32(38)25-11-13-27(14-12-25)40-26-8-6-5-7-9-26/h5-15,20,22,24,29H,16-19,21H2,1-4H3,(H,35,38)/t29-/m0/s1. The number of carbonyl (C=O) groups is 2. The van der Waals surface area contributed by atoms with E-state index in [1.54, 1.807) is 12.1 Å². The Morgan fingerprint density at radius 1 is 0.975 bits per heavy atom. The molecule has 1 aliphatic heterocycles. The average molecular weight is 539 g/mol. The van der Waals surface area contributed by atoms with Gasteiger partial charge in [-0.05, 0) is 86.2 Å². The molecule has 7 heteroatoms. The van der Waals surface area contributed by atoms with Gasteiger partial charge in [0.1, 0.15) is 17.3 Å². The quantitative estimate of drug-likeness (QED) is 0.281. The summed E-state index contributed by atoms with van der Waals surface area (Å²) in [4.78, 5) is 32.9. The SMILES string of the molecule is Cc1ccc2nc([C@H](CC3CCN(C(=O)C(C)C)CC3)NC(=O)c3ccc(Oc4ccccc4)cc3)n(C)c2c1. The second kappa shape index (κ2) is 11.9. The van der Waals surface area contributed by atoms with E-state index in [0.717, 1.165) is 55.0 Å². The lowest BCUT2D eigenvalue weighted by molar-refractivity contribution is -0.135. The maximum Gasteiger partial charge on any atom is 0.251 e. The minimum Gasteiger partial charge on any atom is -0.457 e. The van der Waals surface area contributed by atoms with Crippen LogP contribution in [-0.2, 0) is 11.8 Å². The van der Waals surface area contributed by atoms with Crippen LogP contribution in [0, 0.1) is 18.8 Å². The van der Waals surface area contributed by atoms with Crippen LogP contribution in [0.2, 0.25) is 0 Å². The Morgan fingerprint density at radius 3 is 2.33 bits per heavy atom. The molecule has 3 aromatic carbocycles. The number of aromatic nitrogens is 2. The molecule has 0 bridgehead atoms. The van der Waals surface area contributed by atoms with E-state index in [1.807, 2.05) is 74.3 Å². The maximum absolute atomic E-state index is 13.5. The molecule has 2 amide bonds. The largest absolute Gasteiger partial charge is 0.457 e. The van der Waals surface area contributed by atoms with Gasteiger partial charge in [-0.25, -0.2) is 4.98 Å². The van der Waals surface area contributed by atoms with Crippen molar-refractivity contribution in [1.29, 1.82) is 0 Å². The third kappa shape index (κ3) is 6.19. The second-order valence-corrected chi connectivity index (χ2v) is 11.1. The van der Waals surface area contributed by atoms with Crippen LogP contribution < -0.4 is 10.1 Å². The van der Waals surface area contributed by atoms with Gasteiger partial charge in [0.05, 0.1) is 17.1 Å². The minimum atomic E-state index is -0.261. The molecule has 0 unspecified atom stereocenters. The van der Waals surface area contributed by atoms with Gasteiger partial charge in [-0.2, -0.15) is 0 Å². The molecule has 5 rings (SSSR count). The molecule has 4 aromatic rings. The molecule has 208 valence electrons. The number of rotatable bonds is 8. The van der Waals surface area contributed by atoms with E-state index in [-0.39, 0.29) is 23.8 Å². The number of ether oxygens (including phenoxy) is 1. The van der Waals surface area contributed by atoms with Gasteiger partial charge >= 0.3 is 0 Å². The summed E-state index contributed by atoms with van der Waals surface area (Å²) in [6.45, 7) is 7.49. The van der Waals surface area contributed by atoms with Crippen LogP contribution in [0.5, 0.6) is 11.5 Å². The van der Waals surface area contributed by atoms with Gasteiger partial charge in [0.25, 0.3) is 5.91 Å². The fraction of sp³-hybridized carbons (Fsp3) is 0.364. The van der Waals surface area contributed by atoms with Crippen LogP contribution in [0.25, 0.3) is 11.0 Å². The molecular weight excluding hydrogens is 500 g/mol. The van der Waals surface area contributed by atoms with E-state index in [0.29, 0.717) is 17.2 Å². The molecule has 0 spiro atoms. The smallest absolute Gasteiger partial charge is 0.251 e. The third-order valence-corrected chi connectivity index (χ3v) is 7.77. The van der Waals surface area contributed by atoms with E-state index < -0.39 is 0 Å². The van der Waals surface area contributed by atoms with Crippen molar-refractivity contribution in [3.8, 4) is 11.5 Å². The van der Waals surface area contributed by atoms with Crippen molar-refractivity contribution in [3.05, 3.63) is 89.7 Å². The molecule has 1 saturated heterocycles. The number of carbonyl (C=O) groups excluding carboxylic acids is 2. The number of hydrogen-bond donors (Lipinski definition) is 1. The third-order valence-electron chi connectivity index (χ3n) is 7.77. The number of nitrogens with zero attached hydrogens (tertiary/aromatic N) is 3. The zero-order valence-corrected chi connectivity index (χ0v) is 23.8. The Balaban J connectivity index is 1.34. The van der Waals surface area contributed by atoms with Crippen LogP contribution >= 0.6 is 0 Å². The fourth-order valence-electron chi connectivity index (χ4n) is 5.49. The lowest BCUT2D eigenvalue weighted by Crippen LogP contribution is -2.41.